The van der Waals surface area contributed by atoms with Gasteiger partial charge in [-0.1, -0.05) is 0 Å². The molecule has 2 amide bonds. The average molecular weight is 307 g/mol. The van der Waals surface area contributed by atoms with Gasteiger partial charge in [0.05, 0.1) is 25.0 Å². The van der Waals surface area contributed by atoms with Crippen LogP contribution in [0.15, 0.2) is 22.8 Å². The molecule has 0 aromatic carbocycles. The largest absolute Gasteiger partial charge is 0.468 e. The molecule has 1 N–H and O–H groups in total. The molecule has 2 aliphatic heterocycles. The van der Waals surface area contributed by atoms with Crippen molar-refractivity contribution >= 4 is 6.03 Å². The summed E-state index contributed by atoms with van der Waals surface area (Å²) in [6.45, 7) is 6.92. The summed E-state index contributed by atoms with van der Waals surface area (Å²) in [6, 6.07) is 4.00. The van der Waals surface area contributed by atoms with Crippen molar-refractivity contribution in [3.63, 3.8) is 0 Å². The SMILES string of the molecule is C[C@@H](NC(=O)N1CCN(Cc2ccco2)CC1)[C@@H]1CCCO1. The van der Waals surface area contributed by atoms with Crippen molar-refractivity contribution in [1.82, 2.24) is 15.1 Å². The summed E-state index contributed by atoms with van der Waals surface area (Å²) in [6.07, 6.45) is 4.00. The molecular weight excluding hydrogens is 282 g/mol. The third-order valence-electron chi connectivity index (χ3n) is 4.49. The van der Waals surface area contributed by atoms with Crippen LogP contribution >= 0.6 is 0 Å². The van der Waals surface area contributed by atoms with Gasteiger partial charge >= 0.3 is 6.03 Å². The number of urea groups is 1. The Morgan fingerprint density at radius 1 is 1.41 bits per heavy atom. The Balaban J connectivity index is 1.41. The van der Waals surface area contributed by atoms with E-state index in [-0.39, 0.29) is 18.2 Å². The van der Waals surface area contributed by atoms with Crippen LogP contribution in [0.4, 0.5) is 4.79 Å². The van der Waals surface area contributed by atoms with Gasteiger partial charge in [-0.25, -0.2) is 4.79 Å². The number of piperazine rings is 1. The first-order valence-corrected chi connectivity index (χ1v) is 8.14. The minimum absolute atomic E-state index is 0.0284. The van der Waals surface area contributed by atoms with Crippen LogP contribution in [0.2, 0.25) is 0 Å². The molecule has 0 saturated carbocycles. The standard InChI is InChI=1S/C16H25N3O3/c1-13(15-5-3-11-22-15)17-16(20)19-8-6-18(7-9-19)12-14-4-2-10-21-14/h2,4,10,13,15H,3,5-9,11-12H2,1H3,(H,17,20)/t13-,15+/m1/s1. The lowest BCUT2D eigenvalue weighted by Gasteiger charge is -2.35. The summed E-state index contributed by atoms with van der Waals surface area (Å²) >= 11 is 0. The van der Waals surface area contributed by atoms with E-state index in [2.05, 4.69) is 10.2 Å². The Morgan fingerprint density at radius 3 is 2.86 bits per heavy atom. The van der Waals surface area contributed by atoms with Gasteiger partial charge in [-0.05, 0) is 31.9 Å². The molecule has 2 atom stereocenters. The van der Waals surface area contributed by atoms with Crippen molar-refractivity contribution in [2.75, 3.05) is 32.8 Å². The smallest absolute Gasteiger partial charge is 0.317 e. The maximum atomic E-state index is 12.3. The average Bonchev–Trinajstić information content (AvgIpc) is 3.21. The monoisotopic (exact) mass is 307 g/mol. The van der Waals surface area contributed by atoms with Crippen molar-refractivity contribution < 1.29 is 13.9 Å². The van der Waals surface area contributed by atoms with E-state index in [0.29, 0.717) is 0 Å². The molecule has 1 aromatic heterocycles. The van der Waals surface area contributed by atoms with Gasteiger partial charge in [0.15, 0.2) is 0 Å². The molecule has 0 spiro atoms. The molecule has 6 nitrogen and oxygen atoms in total. The van der Waals surface area contributed by atoms with Crippen LogP contribution in [-0.2, 0) is 11.3 Å². The molecule has 6 heteroatoms. The van der Waals surface area contributed by atoms with Crippen molar-refractivity contribution in [1.29, 1.82) is 0 Å². The Bertz CT molecular complexity index is 463. The molecule has 0 unspecified atom stereocenters. The zero-order valence-corrected chi connectivity index (χ0v) is 13.2. The number of rotatable bonds is 4. The van der Waals surface area contributed by atoms with Gasteiger partial charge in [-0.3, -0.25) is 4.90 Å². The van der Waals surface area contributed by atoms with Crippen LogP contribution < -0.4 is 5.32 Å². The van der Waals surface area contributed by atoms with Crippen LogP contribution in [0.1, 0.15) is 25.5 Å². The molecule has 1 aromatic rings. The Morgan fingerprint density at radius 2 is 2.23 bits per heavy atom. The Kier molecular flexibility index (Phi) is 5.00. The van der Waals surface area contributed by atoms with Crippen LogP contribution in [0.3, 0.4) is 0 Å². The topological polar surface area (TPSA) is 58.0 Å². The van der Waals surface area contributed by atoms with E-state index in [4.69, 9.17) is 9.15 Å². The fraction of sp³-hybridized carbons (Fsp3) is 0.688. The molecule has 0 radical (unpaired) electrons. The highest BCUT2D eigenvalue weighted by molar-refractivity contribution is 5.74. The van der Waals surface area contributed by atoms with Crippen molar-refractivity contribution in [2.45, 2.75) is 38.5 Å². The van der Waals surface area contributed by atoms with E-state index >= 15 is 0 Å². The first-order chi connectivity index (χ1) is 10.7. The van der Waals surface area contributed by atoms with Gasteiger partial charge in [0.2, 0.25) is 0 Å². The zero-order valence-electron chi connectivity index (χ0n) is 13.2. The lowest BCUT2D eigenvalue weighted by molar-refractivity contribution is 0.0797. The third kappa shape index (κ3) is 3.81. The van der Waals surface area contributed by atoms with Crippen molar-refractivity contribution in [3.05, 3.63) is 24.2 Å². The second kappa shape index (κ2) is 7.15. The first kappa shape index (κ1) is 15.4. The molecule has 3 heterocycles. The minimum Gasteiger partial charge on any atom is -0.468 e. The quantitative estimate of drug-likeness (QED) is 0.919. The maximum Gasteiger partial charge on any atom is 0.317 e. The summed E-state index contributed by atoms with van der Waals surface area (Å²) in [7, 11) is 0. The second-order valence-electron chi connectivity index (χ2n) is 6.13. The number of nitrogens with zero attached hydrogens (tertiary/aromatic N) is 2. The molecule has 122 valence electrons. The van der Waals surface area contributed by atoms with E-state index in [9.17, 15) is 4.79 Å². The highest BCUT2D eigenvalue weighted by atomic mass is 16.5. The van der Waals surface area contributed by atoms with E-state index in [1.807, 2.05) is 24.0 Å². The van der Waals surface area contributed by atoms with Crippen molar-refractivity contribution in [3.8, 4) is 0 Å². The van der Waals surface area contributed by atoms with Gasteiger partial charge in [0.1, 0.15) is 5.76 Å². The second-order valence-corrected chi connectivity index (χ2v) is 6.13. The van der Waals surface area contributed by atoms with Gasteiger partial charge in [-0.15, -0.1) is 0 Å². The lowest BCUT2D eigenvalue weighted by atomic mass is 10.1. The van der Waals surface area contributed by atoms with E-state index < -0.39 is 0 Å². The molecule has 2 saturated heterocycles. The number of furan rings is 1. The normalized spacial score (nSPS) is 24.4. The number of carbonyl (C=O) groups is 1. The highest BCUT2D eigenvalue weighted by Gasteiger charge is 2.27. The minimum atomic E-state index is 0.0284. The number of hydrogen-bond acceptors (Lipinski definition) is 4. The van der Waals surface area contributed by atoms with E-state index in [1.54, 1.807) is 6.26 Å². The number of nitrogens with one attached hydrogen (secondary N) is 1. The predicted octanol–water partition coefficient (Wildman–Crippen LogP) is 1.67. The van der Waals surface area contributed by atoms with Gasteiger partial charge in [-0.2, -0.15) is 0 Å². The molecule has 2 aliphatic rings. The van der Waals surface area contributed by atoms with E-state index in [1.165, 1.54) is 0 Å². The van der Waals surface area contributed by atoms with E-state index in [0.717, 1.165) is 57.9 Å². The predicted molar refractivity (Wildman–Crippen MR) is 82.5 cm³/mol. The number of hydrogen-bond donors (Lipinski definition) is 1. The van der Waals surface area contributed by atoms with Crippen LogP contribution in [-0.4, -0.2) is 60.8 Å². The summed E-state index contributed by atoms with van der Waals surface area (Å²) in [5.41, 5.74) is 0. The fourth-order valence-corrected chi connectivity index (χ4v) is 3.11. The molecule has 3 rings (SSSR count). The van der Waals surface area contributed by atoms with Gasteiger partial charge < -0.3 is 19.4 Å². The Hall–Kier alpha value is -1.53. The van der Waals surface area contributed by atoms with Gasteiger partial charge in [0.25, 0.3) is 0 Å². The summed E-state index contributed by atoms with van der Waals surface area (Å²) in [5, 5.41) is 3.08. The first-order valence-electron chi connectivity index (χ1n) is 8.14. The highest BCUT2D eigenvalue weighted by Crippen LogP contribution is 2.16. The molecule has 2 fully saturated rings. The molecular formula is C16H25N3O3. The number of ether oxygens (including phenoxy) is 1. The van der Waals surface area contributed by atoms with Crippen molar-refractivity contribution in [2.24, 2.45) is 0 Å². The Labute approximate surface area is 131 Å². The van der Waals surface area contributed by atoms with Gasteiger partial charge in [0, 0.05) is 32.8 Å². The number of carbonyl (C=O) groups excluding carboxylic acids is 1. The summed E-state index contributed by atoms with van der Waals surface area (Å²) in [5.74, 6) is 0.977. The zero-order chi connectivity index (χ0) is 15.4. The molecule has 0 aliphatic carbocycles. The fourth-order valence-electron chi connectivity index (χ4n) is 3.11. The van der Waals surface area contributed by atoms with Crippen LogP contribution in [0.5, 0.6) is 0 Å². The maximum absolute atomic E-state index is 12.3. The van der Waals surface area contributed by atoms with Crippen LogP contribution in [0.25, 0.3) is 0 Å². The molecule has 0 bridgehead atoms. The summed E-state index contributed by atoms with van der Waals surface area (Å²) < 4.78 is 11.0. The van der Waals surface area contributed by atoms with Crippen LogP contribution in [0, 0.1) is 0 Å². The third-order valence-corrected chi connectivity index (χ3v) is 4.49. The molecule has 22 heavy (non-hydrogen) atoms. The summed E-state index contributed by atoms with van der Waals surface area (Å²) in [4.78, 5) is 16.5. The lowest BCUT2D eigenvalue weighted by Crippen LogP contribution is -2.54. The number of amides is 2.